The van der Waals surface area contributed by atoms with Crippen LogP contribution in [0.15, 0.2) is 43.0 Å². The molecule has 2 aliphatic rings. The van der Waals surface area contributed by atoms with Gasteiger partial charge < -0.3 is 9.47 Å². The molecular formula is C17H22O2. The number of rotatable bonds is 3. The van der Waals surface area contributed by atoms with E-state index in [1.54, 1.807) is 0 Å². The van der Waals surface area contributed by atoms with Crippen molar-refractivity contribution in [3.05, 3.63) is 48.6 Å². The molecule has 1 aliphatic carbocycles. The Balaban J connectivity index is 1.72. The second-order valence-corrected chi connectivity index (χ2v) is 6.52. The van der Waals surface area contributed by atoms with Crippen molar-refractivity contribution < 1.29 is 9.47 Å². The van der Waals surface area contributed by atoms with Crippen molar-refractivity contribution in [1.82, 2.24) is 0 Å². The maximum absolute atomic E-state index is 6.09. The van der Waals surface area contributed by atoms with Crippen LogP contribution in [0.1, 0.15) is 19.4 Å². The molecular weight excluding hydrogens is 236 g/mol. The maximum atomic E-state index is 6.09. The third-order valence-electron chi connectivity index (χ3n) is 4.24. The van der Waals surface area contributed by atoms with E-state index < -0.39 is 5.79 Å². The summed E-state index contributed by atoms with van der Waals surface area (Å²) in [6, 6.07) is 10.5. The summed E-state index contributed by atoms with van der Waals surface area (Å²) in [5.74, 6) is 0.333. The smallest absolute Gasteiger partial charge is 0.178 e. The van der Waals surface area contributed by atoms with Crippen molar-refractivity contribution in [3.63, 3.8) is 0 Å². The summed E-state index contributed by atoms with van der Waals surface area (Å²) in [6.45, 7) is 9.83. The molecule has 0 N–H and O–H groups in total. The van der Waals surface area contributed by atoms with Gasteiger partial charge in [0.25, 0.3) is 0 Å². The first-order chi connectivity index (χ1) is 9.07. The van der Waals surface area contributed by atoms with Crippen LogP contribution in [0.4, 0.5) is 0 Å². The Labute approximate surface area is 115 Å². The molecule has 0 amide bonds. The quantitative estimate of drug-likeness (QED) is 0.773. The molecule has 1 aromatic rings. The van der Waals surface area contributed by atoms with Crippen LogP contribution in [0.2, 0.25) is 0 Å². The molecule has 2 nitrogen and oxygen atoms in total. The number of benzene rings is 1. The highest BCUT2D eigenvalue weighted by atomic mass is 16.7. The highest BCUT2D eigenvalue weighted by molar-refractivity contribution is 5.23. The fourth-order valence-electron chi connectivity index (χ4n) is 3.01. The van der Waals surface area contributed by atoms with Gasteiger partial charge in [-0.25, -0.2) is 0 Å². The standard InChI is InChI=1S/C17H22O2/c1-4-14-15(10-13-8-6-5-7-9-13)17(14)18-11-16(2,3)12-19-17/h4-9,14-15H,1,10-12H2,2-3H3/t14-,15+/m0/s1. The van der Waals surface area contributed by atoms with Gasteiger partial charge in [-0.15, -0.1) is 6.58 Å². The lowest BCUT2D eigenvalue weighted by atomic mass is 9.95. The topological polar surface area (TPSA) is 18.5 Å². The molecule has 102 valence electrons. The molecule has 2 fully saturated rings. The van der Waals surface area contributed by atoms with Crippen LogP contribution in [-0.4, -0.2) is 19.0 Å². The number of hydrogen-bond donors (Lipinski definition) is 0. The average Bonchev–Trinajstić information content (AvgIpc) is 3.01. The van der Waals surface area contributed by atoms with Gasteiger partial charge in [0.05, 0.1) is 13.2 Å². The van der Waals surface area contributed by atoms with Gasteiger partial charge in [0, 0.05) is 17.3 Å². The highest BCUT2D eigenvalue weighted by Gasteiger charge is 2.67. The molecule has 1 spiro atoms. The van der Waals surface area contributed by atoms with Crippen LogP contribution >= 0.6 is 0 Å². The Morgan fingerprint density at radius 3 is 2.42 bits per heavy atom. The van der Waals surface area contributed by atoms with Crippen LogP contribution in [0.3, 0.4) is 0 Å². The second kappa shape index (κ2) is 4.46. The third-order valence-corrected chi connectivity index (χ3v) is 4.24. The van der Waals surface area contributed by atoms with E-state index in [9.17, 15) is 0 Å². The Morgan fingerprint density at radius 2 is 1.84 bits per heavy atom. The summed E-state index contributed by atoms with van der Waals surface area (Å²) in [7, 11) is 0. The van der Waals surface area contributed by atoms with Gasteiger partial charge in [0.2, 0.25) is 0 Å². The molecule has 2 atom stereocenters. The molecule has 19 heavy (non-hydrogen) atoms. The van der Waals surface area contributed by atoms with Crippen molar-refractivity contribution in [1.29, 1.82) is 0 Å². The van der Waals surface area contributed by atoms with E-state index in [0.717, 1.165) is 19.6 Å². The third kappa shape index (κ3) is 2.24. The fourth-order valence-corrected chi connectivity index (χ4v) is 3.01. The first kappa shape index (κ1) is 12.9. The highest BCUT2D eigenvalue weighted by Crippen LogP contribution is 2.58. The Bertz CT molecular complexity index is 453. The fraction of sp³-hybridized carbons (Fsp3) is 0.529. The van der Waals surface area contributed by atoms with Crippen LogP contribution in [-0.2, 0) is 15.9 Å². The molecule has 3 rings (SSSR count). The molecule has 2 heteroatoms. The van der Waals surface area contributed by atoms with E-state index in [-0.39, 0.29) is 5.41 Å². The van der Waals surface area contributed by atoms with Crippen LogP contribution in [0.25, 0.3) is 0 Å². The van der Waals surface area contributed by atoms with E-state index in [2.05, 4.69) is 44.7 Å². The molecule has 1 aliphatic heterocycles. The minimum Gasteiger partial charge on any atom is -0.348 e. The van der Waals surface area contributed by atoms with Crippen molar-refractivity contribution in [2.24, 2.45) is 17.3 Å². The maximum Gasteiger partial charge on any atom is 0.178 e. The molecule has 1 saturated heterocycles. The SMILES string of the molecule is C=C[C@H]1[C@@H](Cc2ccccc2)C12OCC(C)(C)CO2. The number of ether oxygens (including phenoxy) is 2. The zero-order valence-electron chi connectivity index (χ0n) is 11.8. The zero-order chi connectivity index (χ0) is 13.5. The van der Waals surface area contributed by atoms with Crippen LogP contribution < -0.4 is 0 Å². The molecule has 1 heterocycles. The first-order valence-electron chi connectivity index (χ1n) is 7.02. The molecule has 0 aromatic heterocycles. The van der Waals surface area contributed by atoms with Gasteiger partial charge in [-0.1, -0.05) is 50.3 Å². The van der Waals surface area contributed by atoms with Crippen molar-refractivity contribution in [3.8, 4) is 0 Å². The van der Waals surface area contributed by atoms with E-state index in [0.29, 0.717) is 11.8 Å². The summed E-state index contributed by atoms with van der Waals surface area (Å²) in [5.41, 5.74) is 1.46. The first-order valence-corrected chi connectivity index (χ1v) is 7.02. The predicted octanol–water partition coefficient (Wildman–Crippen LogP) is 3.43. The average molecular weight is 258 g/mol. The summed E-state index contributed by atoms with van der Waals surface area (Å²) in [4.78, 5) is 0. The van der Waals surface area contributed by atoms with Crippen molar-refractivity contribution >= 4 is 0 Å². The molecule has 1 saturated carbocycles. The molecule has 0 bridgehead atoms. The van der Waals surface area contributed by atoms with Gasteiger partial charge in [-0.3, -0.25) is 0 Å². The zero-order valence-corrected chi connectivity index (χ0v) is 11.8. The van der Waals surface area contributed by atoms with Gasteiger partial charge in [-0.2, -0.15) is 0 Å². The van der Waals surface area contributed by atoms with E-state index in [1.165, 1.54) is 5.56 Å². The Hall–Kier alpha value is -1.12. The lowest BCUT2D eigenvalue weighted by Crippen LogP contribution is -2.41. The molecule has 1 aromatic carbocycles. The predicted molar refractivity (Wildman–Crippen MR) is 75.7 cm³/mol. The van der Waals surface area contributed by atoms with Gasteiger partial charge in [0.1, 0.15) is 0 Å². The van der Waals surface area contributed by atoms with Gasteiger partial charge >= 0.3 is 0 Å². The normalized spacial score (nSPS) is 31.1. The monoisotopic (exact) mass is 258 g/mol. The van der Waals surface area contributed by atoms with Crippen molar-refractivity contribution in [2.45, 2.75) is 26.1 Å². The minimum absolute atomic E-state index is 0.122. The molecule has 0 radical (unpaired) electrons. The van der Waals surface area contributed by atoms with E-state index in [1.807, 2.05) is 12.1 Å². The lowest BCUT2D eigenvalue weighted by Gasteiger charge is -2.36. The second-order valence-electron chi connectivity index (χ2n) is 6.52. The van der Waals surface area contributed by atoms with Crippen LogP contribution in [0.5, 0.6) is 0 Å². The van der Waals surface area contributed by atoms with Gasteiger partial charge in [0.15, 0.2) is 5.79 Å². The summed E-state index contributed by atoms with van der Waals surface area (Å²) in [6.07, 6.45) is 2.99. The lowest BCUT2D eigenvalue weighted by molar-refractivity contribution is -0.254. The van der Waals surface area contributed by atoms with Gasteiger partial charge in [-0.05, 0) is 12.0 Å². The number of hydrogen-bond acceptors (Lipinski definition) is 2. The summed E-state index contributed by atoms with van der Waals surface area (Å²) >= 11 is 0. The largest absolute Gasteiger partial charge is 0.348 e. The molecule has 0 unspecified atom stereocenters. The van der Waals surface area contributed by atoms with E-state index in [4.69, 9.17) is 9.47 Å². The van der Waals surface area contributed by atoms with Crippen LogP contribution in [0, 0.1) is 17.3 Å². The Morgan fingerprint density at radius 1 is 1.21 bits per heavy atom. The summed E-state index contributed by atoms with van der Waals surface area (Å²) in [5, 5.41) is 0. The Kier molecular flexibility index (Phi) is 3.03. The van der Waals surface area contributed by atoms with E-state index >= 15 is 0 Å². The minimum atomic E-state index is -0.396. The summed E-state index contributed by atoms with van der Waals surface area (Å²) < 4.78 is 12.2. The van der Waals surface area contributed by atoms with Crippen molar-refractivity contribution in [2.75, 3.05) is 13.2 Å².